The van der Waals surface area contributed by atoms with E-state index in [2.05, 4.69) is 31.0 Å². The van der Waals surface area contributed by atoms with E-state index in [9.17, 15) is 9.59 Å². The molecule has 28 heavy (non-hydrogen) atoms. The number of piperidine rings is 1. The maximum Gasteiger partial charge on any atom is 0.219 e. The van der Waals surface area contributed by atoms with Crippen LogP contribution in [0.3, 0.4) is 0 Å². The number of amides is 2. The van der Waals surface area contributed by atoms with Gasteiger partial charge in [-0.2, -0.15) is 0 Å². The van der Waals surface area contributed by atoms with Gasteiger partial charge in [-0.1, -0.05) is 25.0 Å². The van der Waals surface area contributed by atoms with E-state index in [1.165, 1.54) is 19.3 Å². The third-order valence-corrected chi connectivity index (χ3v) is 7.60. The highest BCUT2D eigenvalue weighted by Gasteiger charge is 2.47. The zero-order valence-electron chi connectivity index (χ0n) is 18.6. The highest BCUT2D eigenvalue weighted by molar-refractivity contribution is 5.73. The molecule has 2 aliphatic heterocycles. The lowest BCUT2D eigenvalue weighted by Gasteiger charge is -2.45. The van der Waals surface area contributed by atoms with Crippen molar-refractivity contribution in [3.8, 4) is 0 Å². The summed E-state index contributed by atoms with van der Waals surface area (Å²) in [4.78, 5) is 28.1. The van der Waals surface area contributed by atoms with E-state index in [1.54, 1.807) is 25.0 Å². The first-order chi connectivity index (χ1) is 13.1. The number of allylic oxidation sites excluding steroid dienone is 1. The van der Waals surface area contributed by atoms with Crippen molar-refractivity contribution in [1.82, 2.24) is 15.1 Å². The highest BCUT2D eigenvalue weighted by atomic mass is 16.2. The molecule has 2 amide bonds. The monoisotopic (exact) mass is 389 g/mol. The van der Waals surface area contributed by atoms with Gasteiger partial charge in [0.15, 0.2) is 0 Å². The molecule has 2 fully saturated rings. The van der Waals surface area contributed by atoms with Crippen LogP contribution in [0.1, 0.15) is 79.6 Å². The number of likely N-dealkylation sites (tertiary alicyclic amines) is 2. The third-order valence-electron chi connectivity index (χ3n) is 7.60. The summed E-state index contributed by atoms with van der Waals surface area (Å²) < 4.78 is 0. The molecule has 0 aromatic heterocycles. The van der Waals surface area contributed by atoms with Gasteiger partial charge < -0.3 is 10.2 Å². The largest absolute Gasteiger partial charge is 0.352 e. The van der Waals surface area contributed by atoms with Crippen molar-refractivity contribution in [2.75, 3.05) is 26.2 Å². The first-order valence-corrected chi connectivity index (χ1v) is 11.1. The molecule has 2 heterocycles. The topological polar surface area (TPSA) is 52.7 Å². The first kappa shape index (κ1) is 21.4. The summed E-state index contributed by atoms with van der Waals surface area (Å²) in [6, 6.07) is 0.232. The zero-order chi connectivity index (χ0) is 20.5. The first-order valence-electron chi connectivity index (χ1n) is 11.1. The third kappa shape index (κ3) is 4.45. The van der Waals surface area contributed by atoms with Crippen LogP contribution in [-0.4, -0.2) is 59.4 Å². The summed E-state index contributed by atoms with van der Waals surface area (Å²) >= 11 is 0. The number of nitrogens with zero attached hydrogens (tertiary/aromatic N) is 2. The minimum absolute atomic E-state index is 0.0649. The fourth-order valence-corrected chi connectivity index (χ4v) is 6.06. The molecule has 5 nitrogen and oxygen atoms in total. The molecule has 1 aliphatic carbocycles. The van der Waals surface area contributed by atoms with Crippen molar-refractivity contribution in [3.63, 3.8) is 0 Å². The van der Waals surface area contributed by atoms with Crippen molar-refractivity contribution < 1.29 is 9.59 Å². The van der Waals surface area contributed by atoms with Gasteiger partial charge in [0.2, 0.25) is 11.8 Å². The molecule has 1 spiro atoms. The second-order valence-electron chi connectivity index (χ2n) is 10.0. The van der Waals surface area contributed by atoms with E-state index in [-0.39, 0.29) is 23.4 Å². The zero-order valence-corrected chi connectivity index (χ0v) is 18.6. The molecule has 3 aliphatic rings. The highest BCUT2D eigenvalue weighted by Crippen LogP contribution is 2.44. The summed E-state index contributed by atoms with van der Waals surface area (Å²) in [7, 11) is 0. The predicted octanol–water partition coefficient (Wildman–Crippen LogP) is 3.49. The Morgan fingerprint density at radius 3 is 2.39 bits per heavy atom. The van der Waals surface area contributed by atoms with Gasteiger partial charge in [0.25, 0.3) is 0 Å². The van der Waals surface area contributed by atoms with Crippen LogP contribution in [0.4, 0.5) is 0 Å². The van der Waals surface area contributed by atoms with Crippen LogP contribution in [0.15, 0.2) is 11.1 Å². The molecule has 0 bridgehead atoms. The number of hydrogen-bond acceptors (Lipinski definition) is 3. The summed E-state index contributed by atoms with van der Waals surface area (Å²) in [6.07, 6.45) is 8.01. The Labute approximate surface area is 170 Å². The van der Waals surface area contributed by atoms with Crippen molar-refractivity contribution in [1.29, 1.82) is 0 Å². The molecule has 0 unspecified atom stereocenters. The van der Waals surface area contributed by atoms with E-state index in [1.807, 2.05) is 4.90 Å². The Morgan fingerprint density at radius 1 is 1.14 bits per heavy atom. The molecular weight excluding hydrogens is 350 g/mol. The maximum absolute atomic E-state index is 11.8. The summed E-state index contributed by atoms with van der Waals surface area (Å²) in [5.41, 5.74) is 3.68. The van der Waals surface area contributed by atoms with Crippen LogP contribution in [0.2, 0.25) is 0 Å². The standard InChI is InChI=1S/C23H39N3O2/c1-17-7-6-9-22(4,5)21(17)8-12-26-16-20(24-18(2)27)15-23(26)10-13-25(14-11-23)19(3)28/h20H,6-16H2,1-5H3,(H,24,27)/t20-/m0/s1. The van der Waals surface area contributed by atoms with Crippen molar-refractivity contribution in [2.24, 2.45) is 5.41 Å². The van der Waals surface area contributed by atoms with Gasteiger partial charge >= 0.3 is 0 Å². The SMILES string of the molecule is CC(=O)N[C@@H]1CN(CCC2=C(C)CCCC2(C)C)C2(CCN(C(C)=O)CC2)C1. The van der Waals surface area contributed by atoms with Gasteiger partial charge in [0.1, 0.15) is 0 Å². The fraction of sp³-hybridized carbons (Fsp3) is 0.826. The normalized spacial score (nSPS) is 27.3. The van der Waals surface area contributed by atoms with Gasteiger partial charge in [0.05, 0.1) is 0 Å². The fourth-order valence-electron chi connectivity index (χ4n) is 6.06. The smallest absolute Gasteiger partial charge is 0.219 e. The Bertz CT molecular complexity index is 644. The predicted molar refractivity (Wildman–Crippen MR) is 113 cm³/mol. The van der Waals surface area contributed by atoms with Crippen LogP contribution in [0, 0.1) is 5.41 Å². The number of carbonyl (C=O) groups excluding carboxylic acids is 2. The summed E-state index contributed by atoms with van der Waals surface area (Å²) in [5.74, 6) is 0.248. The van der Waals surface area contributed by atoms with Crippen LogP contribution >= 0.6 is 0 Å². The number of rotatable bonds is 4. The second kappa shape index (κ2) is 8.17. The summed E-state index contributed by atoms with van der Waals surface area (Å²) in [6.45, 7) is 14.1. The quantitative estimate of drug-likeness (QED) is 0.749. The molecule has 0 aromatic rings. The van der Waals surface area contributed by atoms with Crippen LogP contribution < -0.4 is 5.32 Å². The Balaban J connectivity index is 1.73. The molecule has 0 radical (unpaired) electrons. The maximum atomic E-state index is 11.8. The van der Waals surface area contributed by atoms with Crippen molar-refractivity contribution in [2.45, 2.75) is 91.1 Å². The molecule has 5 heteroatoms. The van der Waals surface area contributed by atoms with E-state index >= 15 is 0 Å². The summed E-state index contributed by atoms with van der Waals surface area (Å²) in [5, 5.41) is 3.17. The van der Waals surface area contributed by atoms with Crippen molar-refractivity contribution in [3.05, 3.63) is 11.1 Å². The van der Waals surface area contributed by atoms with Gasteiger partial charge in [-0.15, -0.1) is 0 Å². The Kier molecular flexibility index (Phi) is 6.23. The van der Waals surface area contributed by atoms with E-state index in [0.29, 0.717) is 5.41 Å². The molecular formula is C23H39N3O2. The average Bonchev–Trinajstić information content (AvgIpc) is 2.90. The number of nitrogens with one attached hydrogen (secondary N) is 1. The second-order valence-corrected chi connectivity index (χ2v) is 10.0. The molecule has 2 saturated heterocycles. The van der Waals surface area contributed by atoms with Gasteiger partial charge in [-0.25, -0.2) is 0 Å². The van der Waals surface area contributed by atoms with Crippen LogP contribution in [-0.2, 0) is 9.59 Å². The average molecular weight is 390 g/mol. The lowest BCUT2D eigenvalue weighted by molar-refractivity contribution is -0.131. The molecule has 0 aromatic carbocycles. The van der Waals surface area contributed by atoms with Gasteiger partial charge in [-0.3, -0.25) is 14.5 Å². The van der Waals surface area contributed by atoms with Crippen LogP contribution in [0.5, 0.6) is 0 Å². The van der Waals surface area contributed by atoms with E-state index in [0.717, 1.165) is 51.9 Å². The van der Waals surface area contributed by atoms with Crippen molar-refractivity contribution >= 4 is 11.8 Å². The molecule has 0 saturated carbocycles. The number of hydrogen-bond donors (Lipinski definition) is 1. The Morgan fingerprint density at radius 2 is 1.82 bits per heavy atom. The minimum Gasteiger partial charge on any atom is -0.352 e. The molecule has 1 atom stereocenters. The van der Waals surface area contributed by atoms with Gasteiger partial charge in [0, 0.05) is 51.6 Å². The molecule has 1 N–H and O–H groups in total. The molecule has 3 rings (SSSR count). The lowest BCUT2D eigenvalue weighted by atomic mass is 9.71. The molecule has 158 valence electrons. The van der Waals surface area contributed by atoms with E-state index in [4.69, 9.17) is 0 Å². The lowest BCUT2D eigenvalue weighted by Crippen LogP contribution is -2.53. The van der Waals surface area contributed by atoms with Crippen LogP contribution in [0.25, 0.3) is 0 Å². The number of carbonyl (C=O) groups is 2. The van der Waals surface area contributed by atoms with Gasteiger partial charge in [-0.05, 0) is 57.3 Å². The van der Waals surface area contributed by atoms with E-state index < -0.39 is 0 Å². The Hall–Kier alpha value is -1.36. The minimum atomic E-state index is 0.0649.